The fourth-order valence-corrected chi connectivity index (χ4v) is 4.08. The van der Waals surface area contributed by atoms with Crippen molar-refractivity contribution in [2.45, 2.75) is 51.7 Å². The molecule has 140 valence electrons. The number of rotatable bonds is 4. The van der Waals surface area contributed by atoms with E-state index in [1.165, 1.54) is 12.8 Å². The van der Waals surface area contributed by atoms with Gasteiger partial charge in [-0.15, -0.1) is 0 Å². The van der Waals surface area contributed by atoms with E-state index in [1.807, 2.05) is 12.1 Å². The van der Waals surface area contributed by atoms with Gasteiger partial charge >= 0.3 is 0 Å². The molecule has 5 heteroatoms. The minimum Gasteiger partial charge on any atom is -0.474 e. The summed E-state index contributed by atoms with van der Waals surface area (Å²) in [5, 5.41) is 4.44. The van der Waals surface area contributed by atoms with Crippen LogP contribution in [0.4, 0.5) is 0 Å². The van der Waals surface area contributed by atoms with Crippen molar-refractivity contribution in [2.75, 3.05) is 26.2 Å². The molecule has 0 spiro atoms. The topological polar surface area (TPSA) is 50.3 Å². The van der Waals surface area contributed by atoms with Gasteiger partial charge in [0.05, 0.1) is 16.9 Å². The van der Waals surface area contributed by atoms with E-state index in [9.17, 15) is 0 Å². The van der Waals surface area contributed by atoms with Crippen molar-refractivity contribution in [3.63, 3.8) is 0 Å². The zero-order valence-electron chi connectivity index (χ0n) is 15.9. The van der Waals surface area contributed by atoms with Gasteiger partial charge in [0.2, 0.25) is 5.88 Å². The zero-order chi connectivity index (χ0) is 17.9. The standard InChI is InChI=1S/C21H30N4O/c1-15-7-9-17(10-8-15)26-21-18-5-3-4-6-19(18)23-20(24-21)16(2)25-13-11-22-12-14-25/h3-6,15-17,22H,7-14H2,1-2H3. The molecule has 2 aromatic rings. The Kier molecular flexibility index (Phi) is 5.36. The minimum atomic E-state index is 0.204. The third-order valence-electron chi connectivity index (χ3n) is 5.90. The lowest BCUT2D eigenvalue weighted by Crippen LogP contribution is -2.44. The van der Waals surface area contributed by atoms with Crippen molar-refractivity contribution < 1.29 is 4.74 Å². The highest BCUT2D eigenvalue weighted by Gasteiger charge is 2.24. The zero-order valence-corrected chi connectivity index (χ0v) is 15.9. The Bertz CT molecular complexity index is 736. The molecule has 26 heavy (non-hydrogen) atoms. The first-order chi connectivity index (χ1) is 12.7. The molecule has 0 bridgehead atoms. The normalized spacial score (nSPS) is 25.9. The summed E-state index contributed by atoms with van der Waals surface area (Å²) in [5.74, 6) is 2.47. The molecule has 1 unspecified atom stereocenters. The van der Waals surface area contributed by atoms with E-state index in [0.29, 0.717) is 0 Å². The number of hydrogen-bond donors (Lipinski definition) is 1. The van der Waals surface area contributed by atoms with Gasteiger partial charge in [-0.25, -0.2) is 4.98 Å². The second kappa shape index (κ2) is 7.89. The molecule has 1 aromatic carbocycles. The summed E-state index contributed by atoms with van der Waals surface area (Å²) in [6.07, 6.45) is 5.03. The van der Waals surface area contributed by atoms with Crippen LogP contribution in [0.5, 0.6) is 5.88 Å². The summed E-state index contributed by atoms with van der Waals surface area (Å²) >= 11 is 0. The summed E-state index contributed by atoms with van der Waals surface area (Å²) in [6.45, 7) is 8.68. The predicted molar refractivity (Wildman–Crippen MR) is 104 cm³/mol. The van der Waals surface area contributed by atoms with Crippen molar-refractivity contribution in [1.82, 2.24) is 20.2 Å². The molecule has 1 atom stereocenters. The molecule has 1 N–H and O–H groups in total. The van der Waals surface area contributed by atoms with Crippen molar-refractivity contribution in [3.8, 4) is 5.88 Å². The lowest BCUT2D eigenvalue weighted by Gasteiger charge is -2.32. The number of ether oxygens (including phenoxy) is 1. The monoisotopic (exact) mass is 354 g/mol. The van der Waals surface area contributed by atoms with E-state index >= 15 is 0 Å². The van der Waals surface area contributed by atoms with E-state index < -0.39 is 0 Å². The number of para-hydroxylation sites is 1. The van der Waals surface area contributed by atoms with E-state index in [2.05, 4.69) is 36.2 Å². The molecule has 1 saturated carbocycles. The number of fused-ring (bicyclic) bond motifs is 1. The van der Waals surface area contributed by atoms with E-state index in [4.69, 9.17) is 14.7 Å². The molecule has 2 fully saturated rings. The van der Waals surface area contributed by atoms with Gasteiger partial charge in [-0.1, -0.05) is 19.1 Å². The molecule has 4 rings (SSSR count). The molecule has 2 heterocycles. The Morgan fingerprint density at radius 1 is 1.08 bits per heavy atom. The summed E-state index contributed by atoms with van der Waals surface area (Å²) < 4.78 is 6.41. The third-order valence-corrected chi connectivity index (χ3v) is 5.90. The van der Waals surface area contributed by atoms with Crippen LogP contribution < -0.4 is 10.1 Å². The Balaban J connectivity index is 1.62. The quantitative estimate of drug-likeness (QED) is 0.910. The van der Waals surface area contributed by atoms with Crippen molar-refractivity contribution in [1.29, 1.82) is 0 Å². The maximum atomic E-state index is 6.41. The van der Waals surface area contributed by atoms with Crippen molar-refractivity contribution in [3.05, 3.63) is 30.1 Å². The lowest BCUT2D eigenvalue weighted by atomic mass is 9.89. The average Bonchev–Trinajstić information content (AvgIpc) is 2.69. The molecule has 1 aromatic heterocycles. The molecular weight excluding hydrogens is 324 g/mol. The Hall–Kier alpha value is -1.72. The minimum absolute atomic E-state index is 0.204. The van der Waals surface area contributed by atoms with Gasteiger partial charge in [-0.05, 0) is 50.7 Å². The average molecular weight is 354 g/mol. The van der Waals surface area contributed by atoms with Gasteiger partial charge < -0.3 is 10.1 Å². The van der Waals surface area contributed by atoms with Crippen LogP contribution in [0.2, 0.25) is 0 Å². The van der Waals surface area contributed by atoms with Crippen LogP contribution >= 0.6 is 0 Å². The maximum absolute atomic E-state index is 6.41. The lowest BCUT2D eigenvalue weighted by molar-refractivity contribution is 0.130. The van der Waals surface area contributed by atoms with E-state index in [1.54, 1.807) is 0 Å². The number of nitrogens with zero attached hydrogens (tertiary/aromatic N) is 3. The summed E-state index contributed by atoms with van der Waals surface area (Å²) in [6, 6.07) is 8.44. The predicted octanol–water partition coefficient (Wildman–Crippen LogP) is 3.55. The highest BCUT2D eigenvalue weighted by Crippen LogP contribution is 2.31. The second-order valence-electron chi connectivity index (χ2n) is 7.87. The van der Waals surface area contributed by atoms with Crippen LogP contribution in [0.25, 0.3) is 10.9 Å². The van der Waals surface area contributed by atoms with Crippen LogP contribution in [0, 0.1) is 5.92 Å². The van der Waals surface area contributed by atoms with E-state index in [0.717, 1.165) is 67.5 Å². The third kappa shape index (κ3) is 3.84. The molecule has 1 aliphatic carbocycles. The molecule has 1 saturated heterocycles. The highest BCUT2D eigenvalue weighted by molar-refractivity contribution is 5.83. The maximum Gasteiger partial charge on any atom is 0.225 e. The van der Waals surface area contributed by atoms with Gasteiger partial charge in [0.15, 0.2) is 0 Å². The number of aromatic nitrogens is 2. The highest BCUT2D eigenvalue weighted by atomic mass is 16.5. The van der Waals surface area contributed by atoms with Crippen molar-refractivity contribution in [2.24, 2.45) is 5.92 Å². The first kappa shape index (κ1) is 17.7. The second-order valence-corrected chi connectivity index (χ2v) is 7.87. The largest absolute Gasteiger partial charge is 0.474 e. The smallest absolute Gasteiger partial charge is 0.225 e. The van der Waals surface area contributed by atoms with E-state index in [-0.39, 0.29) is 12.1 Å². The van der Waals surface area contributed by atoms with Gasteiger partial charge in [0, 0.05) is 26.2 Å². The first-order valence-corrected chi connectivity index (χ1v) is 10.1. The van der Waals surface area contributed by atoms with Crippen molar-refractivity contribution >= 4 is 10.9 Å². The summed E-state index contributed by atoms with van der Waals surface area (Å²) in [5.41, 5.74) is 0.985. The van der Waals surface area contributed by atoms with Gasteiger partial charge in [-0.3, -0.25) is 4.90 Å². The Morgan fingerprint density at radius 3 is 2.58 bits per heavy atom. The number of nitrogens with one attached hydrogen (secondary N) is 1. The fourth-order valence-electron chi connectivity index (χ4n) is 4.08. The number of benzene rings is 1. The Labute approximate surface area is 156 Å². The number of piperazine rings is 1. The summed E-state index contributed by atoms with van der Waals surface area (Å²) in [7, 11) is 0. The molecule has 2 aliphatic rings. The van der Waals surface area contributed by atoms with Crippen LogP contribution in [0.3, 0.4) is 0 Å². The molecule has 5 nitrogen and oxygen atoms in total. The number of hydrogen-bond acceptors (Lipinski definition) is 5. The SMILES string of the molecule is CC1CCC(Oc2nc(C(C)N3CCNCC3)nc3ccccc23)CC1. The molecule has 1 aliphatic heterocycles. The van der Waals surface area contributed by atoms with Crippen LogP contribution in [-0.4, -0.2) is 47.2 Å². The molecule has 0 amide bonds. The molecular formula is C21H30N4O. The molecule has 0 radical (unpaired) electrons. The van der Waals surface area contributed by atoms with Gasteiger partial charge in [0.25, 0.3) is 0 Å². The summed E-state index contributed by atoms with van der Waals surface area (Å²) in [4.78, 5) is 12.2. The van der Waals surface area contributed by atoms with Crippen LogP contribution in [0.15, 0.2) is 24.3 Å². The first-order valence-electron chi connectivity index (χ1n) is 10.1. The van der Waals surface area contributed by atoms with Gasteiger partial charge in [0.1, 0.15) is 11.9 Å². The van der Waals surface area contributed by atoms with Crippen LogP contribution in [0.1, 0.15) is 51.4 Å². The van der Waals surface area contributed by atoms with Gasteiger partial charge in [-0.2, -0.15) is 4.98 Å². The van der Waals surface area contributed by atoms with Crippen LogP contribution in [-0.2, 0) is 0 Å². The fraction of sp³-hybridized carbons (Fsp3) is 0.619. The Morgan fingerprint density at radius 2 is 1.81 bits per heavy atom.